The van der Waals surface area contributed by atoms with Crippen molar-refractivity contribution in [3.8, 4) is 0 Å². The topological polar surface area (TPSA) is 40.6 Å². The SMILES string of the molecule is CC(=O)CCN1CCC(=O)N1C1CCC1. The monoisotopic (exact) mass is 210 g/mol. The van der Waals surface area contributed by atoms with Crippen molar-refractivity contribution in [1.82, 2.24) is 10.0 Å². The number of carbonyl (C=O) groups excluding carboxylic acids is 2. The highest BCUT2D eigenvalue weighted by molar-refractivity contribution is 5.78. The van der Waals surface area contributed by atoms with Gasteiger partial charge >= 0.3 is 0 Å². The average molecular weight is 210 g/mol. The quantitative estimate of drug-likeness (QED) is 0.694. The summed E-state index contributed by atoms with van der Waals surface area (Å²) < 4.78 is 0. The Kier molecular flexibility index (Phi) is 3.05. The van der Waals surface area contributed by atoms with Crippen LogP contribution in [0.3, 0.4) is 0 Å². The molecule has 1 heterocycles. The van der Waals surface area contributed by atoms with Gasteiger partial charge in [0.2, 0.25) is 5.91 Å². The third kappa shape index (κ3) is 2.20. The number of nitrogens with zero attached hydrogens (tertiary/aromatic N) is 2. The molecule has 1 aliphatic heterocycles. The predicted molar refractivity (Wildman–Crippen MR) is 56.0 cm³/mol. The fourth-order valence-corrected chi connectivity index (χ4v) is 2.18. The molecule has 2 rings (SSSR count). The largest absolute Gasteiger partial charge is 0.300 e. The highest BCUT2D eigenvalue weighted by Gasteiger charge is 2.37. The van der Waals surface area contributed by atoms with Crippen LogP contribution in [0.15, 0.2) is 0 Å². The van der Waals surface area contributed by atoms with Gasteiger partial charge in [0, 0.05) is 32.0 Å². The molecule has 2 fully saturated rings. The van der Waals surface area contributed by atoms with Crippen LogP contribution in [0.25, 0.3) is 0 Å². The van der Waals surface area contributed by atoms with Gasteiger partial charge in [0.05, 0.1) is 0 Å². The smallest absolute Gasteiger partial charge is 0.238 e. The van der Waals surface area contributed by atoms with Gasteiger partial charge in [-0.15, -0.1) is 0 Å². The van der Waals surface area contributed by atoms with E-state index in [9.17, 15) is 9.59 Å². The van der Waals surface area contributed by atoms with Crippen molar-refractivity contribution >= 4 is 11.7 Å². The minimum absolute atomic E-state index is 0.197. The summed E-state index contributed by atoms with van der Waals surface area (Å²) in [5.74, 6) is 0.436. The van der Waals surface area contributed by atoms with Crippen LogP contribution in [0.4, 0.5) is 0 Å². The van der Waals surface area contributed by atoms with Crippen LogP contribution in [0.5, 0.6) is 0 Å². The first-order valence-electron chi connectivity index (χ1n) is 5.75. The van der Waals surface area contributed by atoms with Crippen molar-refractivity contribution in [3.05, 3.63) is 0 Å². The van der Waals surface area contributed by atoms with E-state index in [1.165, 1.54) is 6.42 Å². The van der Waals surface area contributed by atoms with E-state index in [0.717, 1.165) is 19.4 Å². The molecule has 0 atom stereocenters. The molecule has 4 heteroatoms. The molecule has 0 radical (unpaired) electrons. The second-order valence-electron chi connectivity index (χ2n) is 4.48. The average Bonchev–Trinajstić information content (AvgIpc) is 2.43. The van der Waals surface area contributed by atoms with Crippen LogP contribution >= 0.6 is 0 Å². The van der Waals surface area contributed by atoms with Gasteiger partial charge in [0.25, 0.3) is 0 Å². The molecular formula is C11H18N2O2. The van der Waals surface area contributed by atoms with Crippen molar-refractivity contribution in [2.24, 2.45) is 0 Å². The van der Waals surface area contributed by atoms with Gasteiger partial charge in [0.15, 0.2) is 0 Å². The molecule has 0 aromatic rings. The maximum Gasteiger partial charge on any atom is 0.238 e. The van der Waals surface area contributed by atoms with Crippen molar-refractivity contribution in [1.29, 1.82) is 0 Å². The zero-order chi connectivity index (χ0) is 10.8. The summed E-state index contributed by atoms with van der Waals surface area (Å²) in [5, 5.41) is 3.97. The van der Waals surface area contributed by atoms with Crippen LogP contribution in [-0.2, 0) is 9.59 Å². The third-order valence-electron chi connectivity index (χ3n) is 3.29. The van der Waals surface area contributed by atoms with Gasteiger partial charge in [-0.25, -0.2) is 5.01 Å². The van der Waals surface area contributed by atoms with E-state index in [4.69, 9.17) is 0 Å². The zero-order valence-electron chi connectivity index (χ0n) is 9.24. The summed E-state index contributed by atoms with van der Waals surface area (Å²) >= 11 is 0. The molecule has 15 heavy (non-hydrogen) atoms. The molecule has 84 valence electrons. The molecule has 0 bridgehead atoms. The van der Waals surface area contributed by atoms with Crippen LogP contribution in [0, 0.1) is 0 Å². The zero-order valence-corrected chi connectivity index (χ0v) is 9.24. The first-order chi connectivity index (χ1) is 7.18. The second kappa shape index (κ2) is 4.31. The maximum absolute atomic E-state index is 11.7. The van der Waals surface area contributed by atoms with Crippen molar-refractivity contribution in [3.63, 3.8) is 0 Å². The Morgan fingerprint density at radius 2 is 2.20 bits per heavy atom. The number of Topliss-reactive ketones (excluding diaryl/α,β-unsaturated/α-hetero) is 1. The lowest BCUT2D eigenvalue weighted by Crippen LogP contribution is -2.49. The van der Waals surface area contributed by atoms with Gasteiger partial charge in [0.1, 0.15) is 5.78 Å². The van der Waals surface area contributed by atoms with Crippen molar-refractivity contribution in [2.45, 2.75) is 45.1 Å². The minimum atomic E-state index is 0.197. The van der Waals surface area contributed by atoms with Gasteiger partial charge in [-0.3, -0.25) is 14.6 Å². The van der Waals surface area contributed by atoms with E-state index in [-0.39, 0.29) is 11.7 Å². The highest BCUT2D eigenvalue weighted by Crippen LogP contribution is 2.29. The Morgan fingerprint density at radius 1 is 1.47 bits per heavy atom. The molecule has 1 saturated heterocycles. The van der Waals surface area contributed by atoms with Crippen LogP contribution in [0.1, 0.15) is 39.0 Å². The standard InChI is InChI=1S/C11H18N2O2/c1-9(14)5-7-12-8-6-11(15)13(12)10-3-2-4-10/h10H,2-8H2,1H3. The van der Waals surface area contributed by atoms with Crippen LogP contribution in [-0.4, -0.2) is 40.8 Å². The second-order valence-corrected chi connectivity index (χ2v) is 4.48. The highest BCUT2D eigenvalue weighted by atomic mass is 16.2. The first-order valence-corrected chi connectivity index (χ1v) is 5.75. The minimum Gasteiger partial charge on any atom is -0.300 e. The molecule has 1 amide bonds. The molecule has 1 saturated carbocycles. The molecule has 4 nitrogen and oxygen atoms in total. The van der Waals surface area contributed by atoms with Crippen molar-refractivity contribution in [2.75, 3.05) is 13.1 Å². The lowest BCUT2D eigenvalue weighted by atomic mass is 9.92. The number of hydrazine groups is 1. The number of amides is 1. The Balaban J connectivity index is 1.91. The molecule has 0 unspecified atom stereocenters. The Labute approximate surface area is 90.2 Å². The maximum atomic E-state index is 11.7. The molecule has 2 aliphatic rings. The first kappa shape index (κ1) is 10.6. The number of rotatable bonds is 4. The summed E-state index contributed by atoms with van der Waals surface area (Å²) in [6, 6.07) is 0.423. The summed E-state index contributed by atoms with van der Waals surface area (Å²) in [7, 11) is 0. The van der Waals surface area contributed by atoms with Gasteiger partial charge in [-0.2, -0.15) is 0 Å². The molecule has 0 aromatic heterocycles. The number of carbonyl (C=O) groups is 2. The summed E-state index contributed by atoms with van der Waals surface area (Å²) in [4.78, 5) is 22.6. The Bertz CT molecular complexity index is 274. The normalized spacial score (nSPS) is 23.3. The Hall–Kier alpha value is -0.900. The van der Waals surface area contributed by atoms with E-state index < -0.39 is 0 Å². The van der Waals surface area contributed by atoms with Crippen LogP contribution in [0.2, 0.25) is 0 Å². The predicted octanol–water partition coefficient (Wildman–Crippen LogP) is 0.967. The molecule has 0 N–H and O–H groups in total. The summed E-state index contributed by atoms with van der Waals surface area (Å²) in [5.41, 5.74) is 0. The Morgan fingerprint density at radius 3 is 2.73 bits per heavy atom. The molecule has 1 aliphatic carbocycles. The molecular weight excluding hydrogens is 192 g/mol. The van der Waals surface area contributed by atoms with E-state index in [1.807, 2.05) is 5.01 Å². The van der Waals surface area contributed by atoms with Gasteiger partial charge in [-0.1, -0.05) is 0 Å². The lowest BCUT2D eigenvalue weighted by molar-refractivity contribution is -0.147. The summed E-state index contributed by atoms with van der Waals surface area (Å²) in [6.07, 6.45) is 4.66. The summed E-state index contributed by atoms with van der Waals surface area (Å²) in [6.45, 7) is 3.10. The van der Waals surface area contributed by atoms with Gasteiger partial charge < -0.3 is 0 Å². The lowest BCUT2D eigenvalue weighted by Gasteiger charge is -2.39. The van der Waals surface area contributed by atoms with E-state index in [0.29, 0.717) is 25.4 Å². The number of ketones is 1. The molecule has 0 aromatic carbocycles. The van der Waals surface area contributed by atoms with Gasteiger partial charge in [-0.05, 0) is 26.2 Å². The van der Waals surface area contributed by atoms with E-state index >= 15 is 0 Å². The van der Waals surface area contributed by atoms with Crippen LogP contribution < -0.4 is 0 Å². The van der Waals surface area contributed by atoms with E-state index in [1.54, 1.807) is 6.92 Å². The van der Waals surface area contributed by atoms with E-state index in [2.05, 4.69) is 5.01 Å². The number of hydrogen-bond donors (Lipinski definition) is 0. The number of hydrogen-bond acceptors (Lipinski definition) is 3. The fourth-order valence-electron chi connectivity index (χ4n) is 2.18. The molecule has 0 spiro atoms. The fraction of sp³-hybridized carbons (Fsp3) is 0.818. The third-order valence-corrected chi connectivity index (χ3v) is 3.29. The van der Waals surface area contributed by atoms with Crippen molar-refractivity contribution < 1.29 is 9.59 Å².